The van der Waals surface area contributed by atoms with E-state index in [1.165, 1.54) is 29.2 Å². The van der Waals surface area contributed by atoms with Gasteiger partial charge in [0.1, 0.15) is 12.6 Å². The molecule has 0 spiro atoms. The molecule has 0 bridgehead atoms. The monoisotopic (exact) mass is 667 g/mol. The van der Waals surface area contributed by atoms with E-state index >= 15 is 0 Å². The summed E-state index contributed by atoms with van der Waals surface area (Å²) in [6, 6.07) is 17.2. The number of anilines is 1. The van der Waals surface area contributed by atoms with Crippen molar-refractivity contribution < 1.29 is 18.0 Å². The molecule has 1 N–H and O–H groups in total. The van der Waals surface area contributed by atoms with Crippen LogP contribution in [0.15, 0.2) is 76.1 Å². The maximum absolute atomic E-state index is 14.0. The van der Waals surface area contributed by atoms with Crippen molar-refractivity contribution in [1.29, 1.82) is 0 Å². The van der Waals surface area contributed by atoms with E-state index in [4.69, 9.17) is 23.2 Å². The van der Waals surface area contributed by atoms with Crippen LogP contribution in [0.2, 0.25) is 10.0 Å². The average molecular weight is 669 g/mol. The van der Waals surface area contributed by atoms with Crippen LogP contribution in [-0.4, -0.2) is 43.8 Å². The molecule has 0 aliphatic carbocycles. The van der Waals surface area contributed by atoms with Crippen LogP contribution < -0.4 is 9.62 Å². The first kappa shape index (κ1) is 31.9. The highest BCUT2D eigenvalue weighted by molar-refractivity contribution is 9.10. The molecule has 2 atom stereocenters. The molecule has 0 aliphatic heterocycles. The number of nitrogens with zero attached hydrogens (tertiary/aromatic N) is 2. The van der Waals surface area contributed by atoms with Crippen molar-refractivity contribution in [2.75, 3.05) is 10.8 Å². The Morgan fingerprint density at radius 2 is 1.60 bits per heavy atom. The normalized spacial score (nSPS) is 12.9. The van der Waals surface area contributed by atoms with Gasteiger partial charge >= 0.3 is 0 Å². The van der Waals surface area contributed by atoms with E-state index in [0.29, 0.717) is 0 Å². The zero-order valence-electron chi connectivity index (χ0n) is 22.7. The number of hydrogen-bond acceptors (Lipinski definition) is 4. The van der Waals surface area contributed by atoms with E-state index in [9.17, 15) is 18.0 Å². The van der Waals surface area contributed by atoms with E-state index in [2.05, 4.69) is 21.2 Å². The van der Waals surface area contributed by atoms with Crippen LogP contribution in [0.1, 0.15) is 38.3 Å². The Bertz CT molecular complexity index is 1450. The average Bonchev–Trinajstić information content (AvgIpc) is 2.92. The zero-order valence-corrected chi connectivity index (χ0v) is 26.6. The number of sulfonamides is 1. The van der Waals surface area contributed by atoms with Crippen molar-refractivity contribution in [1.82, 2.24) is 10.2 Å². The molecule has 3 aromatic carbocycles. The van der Waals surface area contributed by atoms with Gasteiger partial charge in [0.2, 0.25) is 11.8 Å². The third-order valence-electron chi connectivity index (χ3n) is 6.52. The van der Waals surface area contributed by atoms with Crippen LogP contribution in [-0.2, 0) is 26.2 Å². The number of rotatable bonds is 11. The molecule has 214 valence electrons. The molecule has 3 aromatic rings. The summed E-state index contributed by atoms with van der Waals surface area (Å²) in [4.78, 5) is 28.5. The Labute approximate surface area is 254 Å². The molecule has 0 aliphatic rings. The van der Waals surface area contributed by atoms with Gasteiger partial charge in [0.05, 0.1) is 20.6 Å². The lowest BCUT2D eigenvalue weighted by Crippen LogP contribution is -2.52. The molecule has 0 saturated carbocycles. The molecule has 0 heterocycles. The predicted molar refractivity (Wildman–Crippen MR) is 164 cm³/mol. The summed E-state index contributed by atoms with van der Waals surface area (Å²) < 4.78 is 29.6. The summed E-state index contributed by atoms with van der Waals surface area (Å²) in [6.45, 7) is 6.78. The maximum Gasteiger partial charge on any atom is 0.264 e. The fourth-order valence-electron chi connectivity index (χ4n) is 3.87. The summed E-state index contributed by atoms with van der Waals surface area (Å²) in [5.74, 6) is -0.921. The minimum Gasteiger partial charge on any atom is -0.352 e. The van der Waals surface area contributed by atoms with Gasteiger partial charge in [-0.3, -0.25) is 13.9 Å². The Hall–Kier alpha value is -2.59. The second kappa shape index (κ2) is 13.9. The van der Waals surface area contributed by atoms with Crippen molar-refractivity contribution in [3.8, 4) is 0 Å². The van der Waals surface area contributed by atoms with Crippen LogP contribution in [0.25, 0.3) is 0 Å². The third-order valence-corrected chi connectivity index (χ3v) is 9.63. The first-order valence-corrected chi connectivity index (χ1v) is 15.7. The molecule has 0 fully saturated rings. The standard InChI is InChI=1S/C29H32BrCl2N3O4S/c1-5-20(3)33-29(37)21(4)34(17-22-11-13-23(30)14-12-22)27(36)18-35(26-8-6-7-25(31)28(26)32)40(38,39)24-15-9-19(2)10-16-24/h6-16,20-21H,5,17-18H2,1-4H3,(H,33,37). The number of benzene rings is 3. The van der Waals surface area contributed by atoms with Crippen LogP contribution in [0.5, 0.6) is 0 Å². The van der Waals surface area contributed by atoms with Crippen LogP contribution in [0.4, 0.5) is 5.69 Å². The van der Waals surface area contributed by atoms with Crippen molar-refractivity contribution in [3.63, 3.8) is 0 Å². The lowest BCUT2D eigenvalue weighted by Gasteiger charge is -2.32. The first-order valence-electron chi connectivity index (χ1n) is 12.7. The summed E-state index contributed by atoms with van der Waals surface area (Å²) in [5.41, 5.74) is 1.71. The van der Waals surface area contributed by atoms with Gasteiger partial charge in [0, 0.05) is 17.1 Å². The molecule has 40 heavy (non-hydrogen) atoms. The van der Waals surface area contributed by atoms with Crippen LogP contribution in [0, 0.1) is 6.92 Å². The van der Waals surface area contributed by atoms with E-state index in [1.807, 2.05) is 45.0 Å². The number of halogens is 3. The number of carbonyl (C=O) groups excluding carboxylic acids is 2. The smallest absolute Gasteiger partial charge is 0.264 e. The Morgan fingerprint density at radius 3 is 2.20 bits per heavy atom. The number of carbonyl (C=O) groups is 2. The summed E-state index contributed by atoms with van der Waals surface area (Å²) >= 11 is 16.1. The summed E-state index contributed by atoms with van der Waals surface area (Å²) in [5, 5.41) is 3.05. The van der Waals surface area contributed by atoms with E-state index in [0.717, 1.165) is 26.3 Å². The van der Waals surface area contributed by atoms with E-state index < -0.39 is 28.5 Å². The number of hydrogen-bond donors (Lipinski definition) is 1. The molecular weight excluding hydrogens is 637 g/mol. The van der Waals surface area contributed by atoms with E-state index in [1.54, 1.807) is 25.1 Å². The number of amides is 2. The van der Waals surface area contributed by atoms with Gasteiger partial charge in [-0.15, -0.1) is 0 Å². The quantitative estimate of drug-likeness (QED) is 0.250. The van der Waals surface area contributed by atoms with Crippen LogP contribution >= 0.6 is 39.1 Å². The third kappa shape index (κ3) is 7.78. The molecule has 7 nitrogen and oxygen atoms in total. The van der Waals surface area contributed by atoms with Gasteiger partial charge in [-0.1, -0.05) is 82.0 Å². The highest BCUT2D eigenvalue weighted by Gasteiger charge is 2.34. The van der Waals surface area contributed by atoms with Gasteiger partial charge in [0.25, 0.3) is 10.0 Å². The molecule has 0 saturated heterocycles. The minimum atomic E-state index is -4.25. The summed E-state index contributed by atoms with van der Waals surface area (Å²) in [6.07, 6.45) is 0.717. The maximum atomic E-state index is 14.0. The van der Waals surface area contributed by atoms with Gasteiger partial charge < -0.3 is 10.2 Å². The van der Waals surface area contributed by atoms with Gasteiger partial charge in [-0.2, -0.15) is 0 Å². The fourth-order valence-corrected chi connectivity index (χ4v) is 6.01. The van der Waals surface area contributed by atoms with E-state index in [-0.39, 0.29) is 39.1 Å². The van der Waals surface area contributed by atoms with Gasteiger partial charge in [0.15, 0.2) is 0 Å². The first-order chi connectivity index (χ1) is 18.8. The molecule has 0 aromatic heterocycles. The zero-order chi connectivity index (χ0) is 29.6. The molecule has 2 unspecified atom stereocenters. The number of nitrogens with one attached hydrogen (secondary N) is 1. The SMILES string of the molecule is CCC(C)NC(=O)C(C)N(Cc1ccc(Br)cc1)C(=O)CN(c1cccc(Cl)c1Cl)S(=O)(=O)c1ccc(C)cc1. The second-order valence-corrected chi connectivity index (χ2v) is 13.1. The predicted octanol–water partition coefficient (Wildman–Crippen LogP) is 6.59. The molecule has 11 heteroatoms. The largest absolute Gasteiger partial charge is 0.352 e. The Kier molecular flexibility index (Phi) is 11.1. The fraction of sp³-hybridized carbons (Fsp3) is 0.310. The highest BCUT2D eigenvalue weighted by atomic mass is 79.9. The Balaban J connectivity index is 2.06. The van der Waals surface area contributed by atoms with Crippen molar-refractivity contribution in [3.05, 3.63) is 92.4 Å². The molecular formula is C29H32BrCl2N3O4S. The molecule has 0 radical (unpaired) electrons. The second-order valence-electron chi connectivity index (χ2n) is 9.54. The lowest BCUT2D eigenvalue weighted by molar-refractivity contribution is -0.139. The number of aryl methyl sites for hydroxylation is 1. The summed E-state index contributed by atoms with van der Waals surface area (Å²) in [7, 11) is -4.25. The minimum absolute atomic E-state index is 0.00493. The van der Waals surface area contributed by atoms with Gasteiger partial charge in [-0.05, 0) is 69.2 Å². The molecule has 2 amide bonds. The van der Waals surface area contributed by atoms with Gasteiger partial charge in [-0.25, -0.2) is 8.42 Å². The van der Waals surface area contributed by atoms with Crippen molar-refractivity contribution in [2.45, 2.75) is 57.6 Å². The highest BCUT2D eigenvalue weighted by Crippen LogP contribution is 2.35. The Morgan fingerprint density at radius 1 is 0.975 bits per heavy atom. The topological polar surface area (TPSA) is 86.8 Å². The lowest BCUT2D eigenvalue weighted by atomic mass is 10.1. The van der Waals surface area contributed by atoms with Crippen LogP contribution in [0.3, 0.4) is 0 Å². The van der Waals surface area contributed by atoms with Crippen molar-refractivity contribution in [2.24, 2.45) is 0 Å². The van der Waals surface area contributed by atoms with Crippen molar-refractivity contribution >= 4 is 66.7 Å². The molecule has 3 rings (SSSR count).